The summed E-state index contributed by atoms with van der Waals surface area (Å²) in [6, 6.07) is 2.34. The van der Waals surface area contributed by atoms with E-state index in [1.54, 1.807) is 0 Å². The zero-order chi connectivity index (χ0) is 14.0. The van der Waals surface area contributed by atoms with Crippen molar-refractivity contribution >= 4 is 23.1 Å². The van der Waals surface area contributed by atoms with E-state index in [0.29, 0.717) is 0 Å². The van der Waals surface area contributed by atoms with Crippen LogP contribution in [0.1, 0.15) is 12.8 Å². The van der Waals surface area contributed by atoms with Crippen molar-refractivity contribution in [3.05, 3.63) is 27.4 Å². The predicted octanol–water partition coefficient (Wildman–Crippen LogP) is 3.14. The summed E-state index contributed by atoms with van der Waals surface area (Å²) < 4.78 is 25.3. The van der Waals surface area contributed by atoms with Crippen LogP contribution in [-0.4, -0.2) is 29.3 Å². The average Bonchev–Trinajstić information content (AvgIpc) is 2.33. The fourth-order valence-electron chi connectivity index (χ4n) is 2.22. The Balaban J connectivity index is 2.09. The first kappa shape index (κ1) is 13.9. The van der Waals surface area contributed by atoms with Gasteiger partial charge in [-0.1, -0.05) is 11.6 Å². The van der Waals surface area contributed by atoms with E-state index in [2.05, 4.69) is 10.3 Å². The summed E-state index contributed by atoms with van der Waals surface area (Å²) in [6.45, 7) is -1.46. The van der Waals surface area contributed by atoms with Gasteiger partial charge >= 0.3 is 5.69 Å². The normalized spacial score (nSPS) is 17.8. The molecule has 1 fully saturated rings. The molecule has 19 heavy (non-hydrogen) atoms. The van der Waals surface area contributed by atoms with Gasteiger partial charge in [0.05, 0.1) is 18.3 Å². The Morgan fingerprint density at radius 3 is 2.63 bits per heavy atom. The van der Waals surface area contributed by atoms with E-state index < -0.39 is 23.7 Å². The molecule has 1 aliphatic carbocycles. The number of nitrogens with zero attached hydrogens (tertiary/aromatic N) is 2. The Labute approximate surface area is 113 Å². The maximum atomic E-state index is 12.7. The molecule has 0 radical (unpaired) electrons. The van der Waals surface area contributed by atoms with Gasteiger partial charge in [-0.05, 0) is 18.9 Å². The smallest absolute Gasteiger partial charge is 0.311 e. The minimum Gasteiger partial charge on any atom is -0.362 e. The molecule has 0 bridgehead atoms. The molecule has 1 aromatic rings. The van der Waals surface area contributed by atoms with Crippen molar-refractivity contribution in [1.29, 1.82) is 0 Å². The minimum absolute atomic E-state index is 0.0359. The van der Waals surface area contributed by atoms with Crippen LogP contribution in [0.25, 0.3) is 0 Å². The topological polar surface area (TPSA) is 68.1 Å². The van der Waals surface area contributed by atoms with Gasteiger partial charge in [-0.2, -0.15) is 0 Å². The fourth-order valence-corrected chi connectivity index (χ4v) is 2.36. The van der Waals surface area contributed by atoms with Crippen LogP contribution >= 0.6 is 11.6 Å². The van der Waals surface area contributed by atoms with Gasteiger partial charge in [-0.3, -0.25) is 18.9 Å². The second-order valence-corrected chi connectivity index (χ2v) is 5.16. The number of hydrogen-bond acceptors (Lipinski definition) is 4. The third-order valence-corrected chi connectivity index (χ3v) is 3.51. The number of hydrogen-bond donors (Lipinski definition) is 1. The number of anilines is 1. The highest BCUT2D eigenvalue weighted by Gasteiger charge is 2.45. The number of pyridine rings is 1. The molecule has 0 atom stereocenters. The van der Waals surface area contributed by atoms with Crippen LogP contribution in [0.5, 0.6) is 0 Å². The summed E-state index contributed by atoms with van der Waals surface area (Å²) >= 11 is 5.68. The lowest BCUT2D eigenvalue weighted by Gasteiger charge is -2.44. The molecule has 1 heterocycles. The van der Waals surface area contributed by atoms with Gasteiger partial charge in [0.25, 0.3) is 0 Å². The number of alkyl halides is 2. The molecule has 0 spiro atoms. The van der Waals surface area contributed by atoms with Gasteiger partial charge in [0.2, 0.25) is 5.82 Å². The maximum absolute atomic E-state index is 12.7. The second kappa shape index (κ2) is 5.24. The lowest BCUT2D eigenvalue weighted by atomic mass is 9.67. The number of aromatic nitrogens is 1. The standard InChI is InChI=1S/C11H12ClF2N3O2/c12-9-2-1-8(17(18)19)10(16-9)15-7-3-11(4-7,5-13)6-14/h1-2,7H,3-6H2,(H,15,16). The van der Waals surface area contributed by atoms with Crippen LogP contribution in [0.3, 0.4) is 0 Å². The summed E-state index contributed by atoms with van der Waals surface area (Å²) in [5.41, 5.74) is -1.15. The Bertz CT molecular complexity index is 489. The lowest BCUT2D eigenvalue weighted by molar-refractivity contribution is -0.384. The Morgan fingerprint density at radius 2 is 2.11 bits per heavy atom. The molecule has 104 valence electrons. The van der Waals surface area contributed by atoms with Crippen molar-refractivity contribution in [2.75, 3.05) is 18.7 Å². The van der Waals surface area contributed by atoms with E-state index in [1.165, 1.54) is 12.1 Å². The molecule has 0 saturated heterocycles. The molecule has 0 aromatic carbocycles. The summed E-state index contributed by atoms with van der Waals surface area (Å²) in [4.78, 5) is 14.1. The van der Waals surface area contributed by atoms with E-state index in [0.717, 1.165) is 0 Å². The number of halogens is 3. The molecule has 0 amide bonds. The molecule has 1 aliphatic rings. The van der Waals surface area contributed by atoms with Crippen molar-refractivity contribution in [1.82, 2.24) is 4.98 Å². The third kappa shape index (κ3) is 2.75. The lowest BCUT2D eigenvalue weighted by Crippen LogP contribution is -2.48. The first-order chi connectivity index (χ1) is 8.99. The Kier molecular flexibility index (Phi) is 3.84. The number of rotatable bonds is 5. The van der Waals surface area contributed by atoms with Gasteiger partial charge in [0, 0.05) is 17.5 Å². The van der Waals surface area contributed by atoms with E-state index in [1.807, 2.05) is 0 Å². The molecule has 5 nitrogen and oxygen atoms in total. The zero-order valence-electron chi connectivity index (χ0n) is 9.91. The van der Waals surface area contributed by atoms with Crippen molar-refractivity contribution in [3.8, 4) is 0 Å². The fraction of sp³-hybridized carbons (Fsp3) is 0.545. The van der Waals surface area contributed by atoms with Gasteiger partial charge < -0.3 is 5.32 Å². The molecule has 0 aliphatic heterocycles. The van der Waals surface area contributed by atoms with Crippen molar-refractivity contribution in [2.24, 2.45) is 5.41 Å². The zero-order valence-corrected chi connectivity index (χ0v) is 10.7. The largest absolute Gasteiger partial charge is 0.362 e. The highest BCUT2D eigenvalue weighted by atomic mass is 35.5. The van der Waals surface area contributed by atoms with Gasteiger partial charge in [-0.25, -0.2) is 4.98 Å². The third-order valence-electron chi connectivity index (χ3n) is 3.30. The monoisotopic (exact) mass is 291 g/mol. The quantitative estimate of drug-likeness (QED) is 0.514. The number of nitro groups is 1. The summed E-state index contributed by atoms with van der Waals surface area (Å²) in [5.74, 6) is 0.0359. The van der Waals surface area contributed by atoms with Crippen LogP contribution < -0.4 is 5.32 Å². The van der Waals surface area contributed by atoms with Crippen molar-refractivity contribution in [2.45, 2.75) is 18.9 Å². The minimum atomic E-state index is -0.939. The molecular weight excluding hydrogens is 280 g/mol. The molecule has 1 saturated carbocycles. The molecule has 0 unspecified atom stereocenters. The highest BCUT2D eigenvalue weighted by molar-refractivity contribution is 6.29. The van der Waals surface area contributed by atoms with Crippen molar-refractivity contribution < 1.29 is 13.7 Å². The summed E-state index contributed by atoms with van der Waals surface area (Å²) in [5, 5.41) is 13.8. The Hall–Kier alpha value is -1.50. The summed E-state index contributed by atoms with van der Waals surface area (Å²) in [7, 11) is 0. The highest BCUT2D eigenvalue weighted by Crippen LogP contribution is 2.43. The predicted molar refractivity (Wildman–Crippen MR) is 66.9 cm³/mol. The van der Waals surface area contributed by atoms with E-state index in [4.69, 9.17) is 11.6 Å². The molecule has 1 N–H and O–H groups in total. The van der Waals surface area contributed by atoms with Crippen molar-refractivity contribution in [3.63, 3.8) is 0 Å². The van der Waals surface area contributed by atoms with Crippen LogP contribution in [-0.2, 0) is 0 Å². The van der Waals surface area contributed by atoms with E-state index in [9.17, 15) is 18.9 Å². The first-order valence-corrected chi connectivity index (χ1v) is 6.07. The van der Waals surface area contributed by atoms with E-state index >= 15 is 0 Å². The van der Waals surface area contributed by atoms with Gasteiger partial charge in [-0.15, -0.1) is 0 Å². The van der Waals surface area contributed by atoms with Crippen LogP contribution in [0, 0.1) is 15.5 Å². The number of nitrogens with one attached hydrogen (secondary N) is 1. The summed E-state index contributed by atoms with van der Waals surface area (Å²) in [6.07, 6.45) is 0.566. The SMILES string of the molecule is O=[N+]([O-])c1ccc(Cl)nc1NC1CC(CF)(CF)C1. The second-order valence-electron chi connectivity index (χ2n) is 4.78. The van der Waals surface area contributed by atoms with Gasteiger partial charge in [0.15, 0.2) is 0 Å². The molecule has 2 rings (SSSR count). The van der Waals surface area contributed by atoms with Gasteiger partial charge in [0.1, 0.15) is 5.15 Å². The molecular formula is C11H12ClF2N3O2. The van der Waals surface area contributed by atoms with Crippen LogP contribution in [0.15, 0.2) is 12.1 Å². The van der Waals surface area contributed by atoms with Crippen LogP contribution in [0.4, 0.5) is 20.3 Å². The molecule has 1 aromatic heterocycles. The molecule has 8 heteroatoms. The van der Waals surface area contributed by atoms with E-state index in [-0.39, 0.29) is 35.5 Å². The first-order valence-electron chi connectivity index (χ1n) is 5.69. The van der Waals surface area contributed by atoms with Crippen LogP contribution in [0.2, 0.25) is 5.15 Å². The average molecular weight is 292 g/mol. The Morgan fingerprint density at radius 1 is 1.47 bits per heavy atom. The maximum Gasteiger partial charge on any atom is 0.311 e.